The van der Waals surface area contributed by atoms with E-state index in [-0.39, 0.29) is 5.75 Å². The fourth-order valence-corrected chi connectivity index (χ4v) is 3.02. The predicted octanol–water partition coefficient (Wildman–Crippen LogP) is 5.92. The van der Waals surface area contributed by atoms with E-state index >= 15 is 0 Å². The van der Waals surface area contributed by atoms with Crippen LogP contribution in [0.5, 0.6) is 11.5 Å². The van der Waals surface area contributed by atoms with E-state index in [4.69, 9.17) is 20.8 Å². The van der Waals surface area contributed by atoms with Crippen LogP contribution in [0.2, 0.25) is 5.02 Å². The van der Waals surface area contributed by atoms with Crippen molar-refractivity contribution in [2.45, 2.75) is 6.92 Å². The smallest absolute Gasteiger partial charge is 0.227 e. The molecule has 0 aliphatic rings. The maximum atomic E-state index is 10.2. The highest BCUT2D eigenvalue weighted by molar-refractivity contribution is 6.31. The van der Waals surface area contributed by atoms with Gasteiger partial charge in [-0.15, -0.1) is 0 Å². The number of phenolic OH excluding ortho intramolecular Hbond substituents is 1. The fourth-order valence-electron chi connectivity index (χ4n) is 2.81. The highest BCUT2D eigenvalue weighted by Crippen LogP contribution is 2.33. The molecule has 1 aromatic heterocycles. The van der Waals surface area contributed by atoms with Gasteiger partial charge in [0.1, 0.15) is 5.52 Å². The van der Waals surface area contributed by atoms with E-state index in [1.54, 1.807) is 12.1 Å². The van der Waals surface area contributed by atoms with Crippen LogP contribution in [0.4, 0.5) is 5.69 Å². The second-order valence-corrected chi connectivity index (χ2v) is 6.78. The van der Waals surface area contributed by atoms with E-state index in [0.717, 1.165) is 5.56 Å². The number of oxazole rings is 1. The lowest BCUT2D eigenvalue weighted by Crippen LogP contribution is -1.89. The largest absolute Gasteiger partial charge is 0.504 e. The molecule has 0 atom stereocenters. The zero-order valence-electron chi connectivity index (χ0n) is 15.3. The monoisotopic (exact) mass is 392 g/mol. The van der Waals surface area contributed by atoms with Crippen molar-refractivity contribution in [1.29, 1.82) is 0 Å². The Hall–Kier alpha value is -3.31. The van der Waals surface area contributed by atoms with Gasteiger partial charge in [0.05, 0.1) is 12.8 Å². The van der Waals surface area contributed by atoms with E-state index in [0.29, 0.717) is 39.0 Å². The molecule has 5 nitrogen and oxygen atoms in total. The van der Waals surface area contributed by atoms with Gasteiger partial charge in [-0.1, -0.05) is 29.3 Å². The number of fused-ring (bicyclic) bond motifs is 1. The Balaban J connectivity index is 1.66. The van der Waals surface area contributed by atoms with Crippen molar-refractivity contribution in [2.24, 2.45) is 4.99 Å². The number of ether oxygens (including phenoxy) is 1. The number of aliphatic imine (C=N–C) groups is 1. The molecule has 0 saturated carbocycles. The molecule has 1 heterocycles. The number of rotatable bonds is 4. The molecule has 0 unspecified atom stereocenters. The summed E-state index contributed by atoms with van der Waals surface area (Å²) < 4.78 is 10.9. The predicted molar refractivity (Wildman–Crippen MR) is 111 cm³/mol. The van der Waals surface area contributed by atoms with Crippen LogP contribution in [-0.2, 0) is 0 Å². The maximum Gasteiger partial charge on any atom is 0.227 e. The maximum absolute atomic E-state index is 10.2. The van der Waals surface area contributed by atoms with Crippen molar-refractivity contribution < 1.29 is 14.3 Å². The summed E-state index contributed by atoms with van der Waals surface area (Å²) in [7, 11) is 1.47. The van der Waals surface area contributed by atoms with Crippen LogP contribution in [0, 0.1) is 6.92 Å². The zero-order valence-corrected chi connectivity index (χ0v) is 16.1. The van der Waals surface area contributed by atoms with Crippen molar-refractivity contribution in [3.05, 3.63) is 70.7 Å². The zero-order chi connectivity index (χ0) is 19.7. The molecule has 0 bridgehead atoms. The average Bonchev–Trinajstić information content (AvgIpc) is 3.12. The van der Waals surface area contributed by atoms with Crippen LogP contribution in [0.15, 0.2) is 64.0 Å². The standard InChI is InChI=1S/C22H17ClN2O3/c1-13-3-5-14(6-4-13)22-25-18-11-17(7-8-19(18)28-22)24-12-15-9-16(23)10-20(27-2)21(15)26/h3-12,26H,1-2H3. The minimum absolute atomic E-state index is 0.0141. The molecule has 1 N–H and O–H groups in total. The number of aryl methyl sites for hydroxylation is 1. The number of aromatic nitrogens is 1. The van der Waals surface area contributed by atoms with Crippen molar-refractivity contribution in [1.82, 2.24) is 4.98 Å². The fraction of sp³-hybridized carbons (Fsp3) is 0.0909. The first-order chi connectivity index (χ1) is 13.5. The molecule has 0 aliphatic carbocycles. The first-order valence-corrected chi connectivity index (χ1v) is 8.99. The SMILES string of the molecule is COc1cc(Cl)cc(C=Nc2ccc3oc(-c4ccc(C)cc4)nc3c2)c1O. The van der Waals surface area contributed by atoms with Crippen LogP contribution in [0.25, 0.3) is 22.6 Å². The third kappa shape index (κ3) is 3.57. The van der Waals surface area contributed by atoms with E-state index in [1.165, 1.54) is 18.9 Å². The van der Waals surface area contributed by atoms with Gasteiger partial charge in [-0.25, -0.2) is 4.98 Å². The number of phenols is 1. The van der Waals surface area contributed by atoms with Gasteiger partial charge in [-0.3, -0.25) is 4.99 Å². The highest BCUT2D eigenvalue weighted by Gasteiger charge is 2.10. The minimum Gasteiger partial charge on any atom is -0.504 e. The molecule has 0 amide bonds. The normalized spacial score (nSPS) is 11.4. The first-order valence-electron chi connectivity index (χ1n) is 8.62. The van der Waals surface area contributed by atoms with Gasteiger partial charge in [-0.05, 0) is 43.3 Å². The average molecular weight is 393 g/mol. The Morgan fingerprint density at radius 2 is 1.89 bits per heavy atom. The Morgan fingerprint density at radius 1 is 1.11 bits per heavy atom. The topological polar surface area (TPSA) is 67.9 Å². The molecule has 0 aliphatic heterocycles. The molecule has 0 spiro atoms. The summed E-state index contributed by atoms with van der Waals surface area (Å²) in [6.45, 7) is 2.04. The molecular weight excluding hydrogens is 376 g/mol. The lowest BCUT2D eigenvalue weighted by molar-refractivity contribution is 0.373. The Bertz CT molecular complexity index is 1180. The van der Waals surface area contributed by atoms with E-state index < -0.39 is 0 Å². The number of nitrogens with zero attached hydrogens (tertiary/aromatic N) is 2. The van der Waals surface area contributed by atoms with Gasteiger partial charge >= 0.3 is 0 Å². The number of benzene rings is 3. The second-order valence-electron chi connectivity index (χ2n) is 6.34. The molecule has 4 rings (SSSR count). The summed E-state index contributed by atoms with van der Waals surface area (Å²) in [5.74, 6) is 0.844. The molecule has 3 aromatic carbocycles. The van der Waals surface area contributed by atoms with E-state index in [2.05, 4.69) is 9.98 Å². The number of hydrogen-bond acceptors (Lipinski definition) is 5. The lowest BCUT2D eigenvalue weighted by Gasteiger charge is -2.06. The van der Waals surface area contributed by atoms with Gasteiger partial charge in [0.2, 0.25) is 5.89 Å². The van der Waals surface area contributed by atoms with Crippen LogP contribution in [-0.4, -0.2) is 23.4 Å². The number of hydrogen-bond donors (Lipinski definition) is 1. The number of methoxy groups -OCH3 is 1. The van der Waals surface area contributed by atoms with Gasteiger partial charge < -0.3 is 14.3 Å². The van der Waals surface area contributed by atoms with Crippen molar-refractivity contribution in [3.63, 3.8) is 0 Å². The number of aromatic hydroxyl groups is 1. The number of halogens is 1. The second kappa shape index (κ2) is 7.37. The summed E-state index contributed by atoms with van der Waals surface area (Å²) in [4.78, 5) is 8.97. The van der Waals surface area contributed by atoms with Gasteiger partial charge in [-0.2, -0.15) is 0 Å². The lowest BCUT2D eigenvalue weighted by atomic mass is 10.1. The first kappa shape index (κ1) is 18.1. The van der Waals surface area contributed by atoms with Crippen LogP contribution >= 0.6 is 11.6 Å². The van der Waals surface area contributed by atoms with Crippen molar-refractivity contribution in [2.75, 3.05) is 7.11 Å². The van der Waals surface area contributed by atoms with Crippen LogP contribution in [0.3, 0.4) is 0 Å². The summed E-state index contributed by atoms with van der Waals surface area (Å²) in [5, 5.41) is 10.7. The molecule has 28 heavy (non-hydrogen) atoms. The Kier molecular flexibility index (Phi) is 4.75. The van der Waals surface area contributed by atoms with Crippen LogP contribution in [0.1, 0.15) is 11.1 Å². The van der Waals surface area contributed by atoms with Crippen molar-refractivity contribution in [3.8, 4) is 23.0 Å². The molecule has 140 valence electrons. The third-order valence-electron chi connectivity index (χ3n) is 4.31. The quantitative estimate of drug-likeness (QED) is 0.437. The summed E-state index contributed by atoms with van der Waals surface area (Å²) in [5.41, 5.74) is 4.62. The molecular formula is C22H17ClN2O3. The summed E-state index contributed by atoms with van der Waals surface area (Å²) >= 11 is 6.06. The molecule has 4 aromatic rings. The van der Waals surface area contributed by atoms with Crippen molar-refractivity contribution >= 4 is 34.6 Å². The molecule has 6 heteroatoms. The van der Waals surface area contributed by atoms with Crippen LogP contribution < -0.4 is 4.74 Å². The van der Waals surface area contributed by atoms with E-state index in [9.17, 15) is 5.11 Å². The summed E-state index contributed by atoms with van der Waals surface area (Å²) in [6.07, 6.45) is 1.53. The molecule has 0 fully saturated rings. The summed E-state index contributed by atoms with van der Waals surface area (Å²) in [6, 6.07) is 16.6. The van der Waals surface area contributed by atoms with Gasteiger partial charge in [0.25, 0.3) is 0 Å². The van der Waals surface area contributed by atoms with E-state index in [1.807, 2.05) is 49.4 Å². The minimum atomic E-state index is -0.0141. The molecule has 0 saturated heterocycles. The third-order valence-corrected chi connectivity index (χ3v) is 4.53. The Morgan fingerprint density at radius 3 is 2.64 bits per heavy atom. The van der Waals surface area contributed by atoms with Gasteiger partial charge in [0.15, 0.2) is 17.1 Å². The molecule has 0 radical (unpaired) electrons. The van der Waals surface area contributed by atoms with Gasteiger partial charge in [0, 0.05) is 28.4 Å². The highest BCUT2D eigenvalue weighted by atomic mass is 35.5. The Labute approximate surface area is 166 Å².